The molecule has 3 N–H and O–H groups in total. The Labute approximate surface area is 113 Å². The van der Waals surface area contributed by atoms with Gasteiger partial charge in [0.05, 0.1) is 5.60 Å². The van der Waals surface area contributed by atoms with Crippen molar-refractivity contribution in [3.05, 3.63) is 29.8 Å². The van der Waals surface area contributed by atoms with Gasteiger partial charge in [-0.05, 0) is 24.6 Å². The lowest BCUT2D eigenvalue weighted by Gasteiger charge is -2.32. The summed E-state index contributed by atoms with van der Waals surface area (Å²) in [6, 6.07) is 7.27. The first-order valence-electron chi connectivity index (χ1n) is 6.49. The summed E-state index contributed by atoms with van der Waals surface area (Å²) in [6.45, 7) is 3.29. The van der Waals surface area contributed by atoms with E-state index in [2.05, 4.69) is 10.6 Å². The molecule has 0 bridgehead atoms. The molecule has 19 heavy (non-hydrogen) atoms. The van der Waals surface area contributed by atoms with Crippen LogP contribution in [0.5, 0.6) is 0 Å². The summed E-state index contributed by atoms with van der Waals surface area (Å²) in [5, 5.41) is 15.7. The maximum absolute atomic E-state index is 11.7. The number of anilines is 1. The molecule has 1 saturated heterocycles. The Bertz CT molecular complexity index is 442. The lowest BCUT2D eigenvalue weighted by Crippen LogP contribution is -2.47. The molecule has 0 unspecified atom stereocenters. The Kier molecular flexibility index (Phi) is 4.39. The SMILES string of the molecule is Cc1cccc(NC(=O)NCC2(O)CCOCC2)c1. The molecule has 2 rings (SSSR count). The van der Waals surface area contributed by atoms with Gasteiger partial charge in [0.25, 0.3) is 0 Å². The van der Waals surface area contributed by atoms with Crippen LogP contribution in [0.2, 0.25) is 0 Å². The van der Waals surface area contributed by atoms with Crippen LogP contribution in [0.3, 0.4) is 0 Å². The molecule has 1 fully saturated rings. The summed E-state index contributed by atoms with van der Waals surface area (Å²) in [5.74, 6) is 0. The van der Waals surface area contributed by atoms with E-state index in [1.165, 1.54) is 0 Å². The van der Waals surface area contributed by atoms with E-state index >= 15 is 0 Å². The van der Waals surface area contributed by atoms with E-state index in [1.54, 1.807) is 0 Å². The van der Waals surface area contributed by atoms with Crippen molar-refractivity contribution >= 4 is 11.7 Å². The predicted molar refractivity (Wildman–Crippen MR) is 73.2 cm³/mol. The first-order valence-corrected chi connectivity index (χ1v) is 6.49. The van der Waals surface area contributed by atoms with Crippen LogP contribution < -0.4 is 10.6 Å². The molecule has 0 spiro atoms. The number of carbonyl (C=O) groups excluding carboxylic acids is 1. The summed E-state index contributed by atoms with van der Waals surface area (Å²) in [5.41, 5.74) is 0.986. The van der Waals surface area contributed by atoms with Gasteiger partial charge in [0.15, 0.2) is 0 Å². The lowest BCUT2D eigenvalue weighted by molar-refractivity contribution is -0.0598. The number of ether oxygens (including phenoxy) is 1. The zero-order chi connectivity index (χ0) is 13.7. The number of benzene rings is 1. The number of aliphatic hydroxyl groups is 1. The van der Waals surface area contributed by atoms with Crippen LogP contribution in [0, 0.1) is 6.92 Å². The standard InChI is InChI=1S/C14H20N2O3/c1-11-3-2-4-12(9-11)16-13(17)15-10-14(18)5-7-19-8-6-14/h2-4,9,18H,5-8,10H2,1H3,(H2,15,16,17). The number of rotatable bonds is 3. The zero-order valence-corrected chi connectivity index (χ0v) is 11.1. The minimum absolute atomic E-state index is 0.244. The number of aryl methyl sites for hydroxylation is 1. The fourth-order valence-corrected chi connectivity index (χ4v) is 2.07. The smallest absolute Gasteiger partial charge is 0.319 e. The monoisotopic (exact) mass is 264 g/mol. The molecule has 0 aliphatic carbocycles. The summed E-state index contributed by atoms with van der Waals surface area (Å²) in [6.07, 6.45) is 1.11. The molecule has 1 heterocycles. The highest BCUT2D eigenvalue weighted by atomic mass is 16.5. The van der Waals surface area contributed by atoms with Crippen molar-refractivity contribution in [1.82, 2.24) is 5.32 Å². The summed E-state index contributed by atoms with van der Waals surface area (Å²) in [7, 11) is 0. The van der Waals surface area contributed by atoms with Gasteiger partial charge >= 0.3 is 6.03 Å². The molecule has 1 aromatic rings. The topological polar surface area (TPSA) is 70.6 Å². The highest BCUT2D eigenvalue weighted by molar-refractivity contribution is 5.89. The van der Waals surface area contributed by atoms with E-state index in [9.17, 15) is 9.90 Å². The van der Waals surface area contributed by atoms with Crippen LogP contribution in [0.15, 0.2) is 24.3 Å². The maximum Gasteiger partial charge on any atom is 0.319 e. The van der Waals surface area contributed by atoms with Gasteiger partial charge in [-0.1, -0.05) is 12.1 Å². The van der Waals surface area contributed by atoms with Gasteiger partial charge in [-0.3, -0.25) is 0 Å². The summed E-state index contributed by atoms with van der Waals surface area (Å²) >= 11 is 0. The second-order valence-corrected chi connectivity index (χ2v) is 5.01. The summed E-state index contributed by atoms with van der Waals surface area (Å²) in [4.78, 5) is 11.7. The van der Waals surface area contributed by atoms with Crippen molar-refractivity contribution < 1.29 is 14.6 Å². The summed E-state index contributed by atoms with van der Waals surface area (Å²) < 4.78 is 5.19. The highest BCUT2D eigenvalue weighted by Gasteiger charge is 2.30. The molecule has 5 heteroatoms. The molecular formula is C14H20N2O3. The third-order valence-corrected chi connectivity index (χ3v) is 3.28. The second-order valence-electron chi connectivity index (χ2n) is 5.01. The van der Waals surface area contributed by atoms with E-state index in [0.29, 0.717) is 26.1 Å². The van der Waals surface area contributed by atoms with E-state index < -0.39 is 5.60 Å². The van der Waals surface area contributed by atoms with Crippen molar-refractivity contribution in [3.63, 3.8) is 0 Å². The molecular weight excluding hydrogens is 244 g/mol. The Morgan fingerprint density at radius 1 is 1.42 bits per heavy atom. The highest BCUT2D eigenvalue weighted by Crippen LogP contribution is 2.19. The van der Waals surface area contributed by atoms with Gasteiger partial charge in [0.2, 0.25) is 0 Å². The van der Waals surface area contributed by atoms with Crippen molar-refractivity contribution in [2.75, 3.05) is 25.1 Å². The van der Waals surface area contributed by atoms with Crippen LogP contribution in [0.1, 0.15) is 18.4 Å². The van der Waals surface area contributed by atoms with Crippen molar-refractivity contribution in [2.45, 2.75) is 25.4 Å². The minimum atomic E-state index is -0.845. The minimum Gasteiger partial charge on any atom is -0.388 e. The van der Waals surface area contributed by atoms with Gasteiger partial charge in [-0.25, -0.2) is 4.79 Å². The van der Waals surface area contributed by atoms with Gasteiger partial charge in [-0.2, -0.15) is 0 Å². The van der Waals surface area contributed by atoms with E-state index in [-0.39, 0.29) is 12.6 Å². The van der Waals surface area contributed by atoms with Crippen LogP contribution in [-0.4, -0.2) is 36.5 Å². The first kappa shape index (κ1) is 13.8. The Morgan fingerprint density at radius 3 is 2.84 bits per heavy atom. The molecule has 0 radical (unpaired) electrons. The Hall–Kier alpha value is -1.59. The molecule has 2 amide bonds. The Morgan fingerprint density at radius 2 is 2.16 bits per heavy atom. The van der Waals surface area contributed by atoms with Crippen molar-refractivity contribution in [1.29, 1.82) is 0 Å². The van der Waals surface area contributed by atoms with Crippen LogP contribution in [-0.2, 0) is 4.74 Å². The van der Waals surface area contributed by atoms with Gasteiger partial charge in [0.1, 0.15) is 0 Å². The quantitative estimate of drug-likeness (QED) is 0.777. The fraction of sp³-hybridized carbons (Fsp3) is 0.500. The molecule has 1 aromatic carbocycles. The Balaban J connectivity index is 1.81. The van der Waals surface area contributed by atoms with Crippen molar-refractivity contribution in [3.8, 4) is 0 Å². The fourth-order valence-electron chi connectivity index (χ4n) is 2.07. The first-order chi connectivity index (χ1) is 9.07. The van der Waals surface area contributed by atoms with E-state index in [1.807, 2.05) is 31.2 Å². The number of carbonyl (C=O) groups is 1. The molecule has 0 saturated carbocycles. The third-order valence-electron chi connectivity index (χ3n) is 3.28. The van der Waals surface area contributed by atoms with Gasteiger partial charge in [-0.15, -0.1) is 0 Å². The molecule has 0 aromatic heterocycles. The maximum atomic E-state index is 11.7. The number of nitrogens with one attached hydrogen (secondary N) is 2. The van der Waals surface area contributed by atoms with Gasteiger partial charge < -0.3 is 20.5 Å². The number of amides is 2. The average Bonchev–Trinajstić information content (AvgIpc) is 2.38. The number of urea groups is 1. The predicted octanol–water partition coefficient (Wildman–Crippen LogP) is 1.66. The zero-order valence-electron chi connectivity index (χ0n) is 11.1. The average molecular weight is 264 g/mol. The van der Waals surface area contributed by atoms with Crippen LogP contribution in [0.25, 0.3) is 0 Å². The normalized spacial score (nSPS) is 17.8. The van der Waals surface area contributed by atoms with Crippen molar-refractivity contribution in [2.24, 2.45) is 0 Å². The third kappa shape index (κ3) is 4.22. The second kappa shape index (κ2) is 6.04. The largest absolute Gasteiger partial charge is 0.388 e. The van der Waals surface area contributed by atoms with Crippen LogP contribution >= 0.6 is 0 Å². The molecule has 0 atom stereocenters. The van der Waals surface area contributed by atoms with E-state index in [0.717, 1.165) is 11.3 Å². The lowest BCUT2D eigenvalue weighted by atomic mass is 9.94. The number of hydrogen-bond donors (Lipinski definition) is 3. The molecule has 104 valence electrons. The van der Waals surface area contributed by atoms with Crippen LogP contribution in [0.4, 0.5) is 10.5 Å². The number of hydrogen-bond acceptors (Lipinski definition) is 3. The molecule has 1 aliphatic rings. The molecule has 1 aliphatic heterocycles. The van der Waals surface area contributed by atoms with Gasteiger partial charge in [0, 0.05) is 38.3 Å². The van der Waals surface area contributed by atoms with E-state index in [4.69, 9.17) is 4.74 Å². The molecule has 5 nitrogen and oxygen atoms in total.